The van der Waals surface area contributed by atoms with Crippen LogP contribution in [0.1, 0.15) is 25.8 Å². The first-order valence-corrected chi connectivity index (χ1v) is 9.48. The van der Waals surface area contributed by atoms with Crippen molar-refractivity contribution in [3.05, 3.63) is 42.1 Å². The molecule has 2 heterocycles. The summed E-state index contributed by atoms with van der Waals surface area (Å²) in [5.41, 5.74) is 2.33. The van der Waals surface area contributed by atoms with Gasteiger partial charge in [-0.05, 0) is 38.0 Å². The number of hydrogen-bond acceptors (Lipinski definition) is 4. The van der Waals surface area contributed by atoms with Gasteiger partial charge in [-0.25, -0.2) is 9.59 Å². The Kier molecular flexibility index (Phi) is 7.99. The molecule has 1 aromatic heterocycles. The Morgan fingerprint density at radius 3 is 2.60 bits per heavy atom. The molecule has 1 atom stereocenters. The number of halogens is 3. The van der Waals surface area contributed by atoms with Gasteiger partial charge in [0, 0.05) is 43.3 Å². The van der Waals surface area contributed by atoms with Crippen molar-refractivity contribution in [3.8, 4) is 0 Å². The van der Waals surface area contributed by atoms with Crippen LogP contribution in [0.5, 0.6) is 0 Å². The van der Waals surface area contributed by atoms with Crippen LogP contribution in [0.25, 0.3) is 10.9 Å². The number of rotatable bonds is 4. The minimum absolute atomic E-state index is 0.0683. The van der Waals surface area contributed by atoms with E-state index in [1.165, 1.54) is 10.9 Å². The van der Waals surface area contributed by atoms with Gasteiger partial charge in [0.2, 0.25) is 0 Å². The van der Waals surface area contributed by atoms with Crippen LogP contribution in [0.3, 0.4) is 0 Å². The molecule has 2 amide bonds. The monoisotopic (exact) mass is 426 g/mol. The molecule has 1 fully saturated rings. The molecular weight excluding hydrogens is 401 g/mol. The molecule has 3 N–H and O–H groups in total. The topological polar surface area (TPSA) is 94.6 Å². The number of carboxylic acid groups (broad SMARTS) is 1. The summed E-state index contributed by atoms with van der Waals surface area (Å²) in [6, 6.07) is 10.7. The maximum Gasteiger partial charge on any atom is 0.490 e. The number of alkyl halides is 3. The van der Waals surface area contributed by atoms with Crippen LogP contribution in [0.4, 0.5) is 18.0 Å². The minimum Gasteiger partial charge on any atom is -0.475 e. The van der Waals surface area contributed by atoms with Gasteiger partial charge in [0.1, 0.15) is 0 Å². The molecule has 0 spiro atoms. The molecule has 1 aromatic carbocycles. The maximum atomic E-state index is 11.8. The van der Waals surface area contributed by atoms with Crippen molar-refractivity contribution in [1.82, 2.24) is 20.5 Å². The molecule has 1 unspecified atom stereocenters. The summed E-state index contributed by atoms with van der Waals surface area (Å²) in [7, 11) is 0. The number of carboxylic acids is 1. The van der Waals surface area contributed by atoms with Crippen molar-refractivity contribution in [2.75, 3.05) is 13.1 Å². The lowest BCUT2D eigenvalue weighted by atomic mass is 10.1. The Bertz CT molecular complexity index is 868. The Balaban J connectivity index is 0.000000396. The van der Waals surface area contributed by atoms with Crippen molar-refractivity contribution in [2.24, 2.45) is 0 Å². The second-order valence-corrected chi connectivity index (χ2v) is 7.28. The smallest absolute Gasteiger partial charge is 0.475 e. The quantitative estimate of drug-likeness (QED) is 0.698. The predicted molar refractivity (Wildman–Crippen MR) is 106 cm³/mol. The van der Waals surface area contributed by atoms with Crippen molar-refractivity contribution in [3.63, 3.8) is 0 Å². The molecule has 0 aliphatic carbocycles. The number of pyridine rings is 1. The van der Waals surface area contributed by atoms with Crippen molar-refractivity contribution >= 4 is 22.9 Å². The van der Waals surface area contributed by atoms with Crippen LogP contribution in [0, 0.1) is 0 Å². The van der Waals surface area contributed by atoms with Gasteiger partial charge in [-0.1, -0.05) is 18.2 Å². The van der Waals surface area contributed by atoms with Crippen molar-refractivity contribution in [2.45, 2.75) is 45.1 Å². The number of fused-ring (bicyclic) bond motifs is 1. The molecule has 2 aromatic rings. The summed E-state index contributed by atoms with van der Waals surface area (Å²) in [6.07, 6.45) is -2.26. The highest BCUT2D eigenvalue weighted by Gasteiger charge is 2.38. The van der Waals surface area contributed by atoms with Gasteiger partial charge in [0.15, 0.2) is 0 Å². The highest BCUT2D eigenvalue weighted by molar-refractivity contribution is 5.81. The average molecular weight is 426 g/mol. The van der Waals surface area contributed by atoms with E-state index >= 15 is 0 Å². The maximum absolute atomic E-state index is 11.8. The number of amides is 2. The van der Waals surface area contributed by atoms with E-state index in [9.17, 15) is 18.0 Å². The van der Waals surface area contributed by atoms with Gasteiger partial charge in [-0.3, -0.25) is 9.88 Å². The number of nitrogens with one attached hydrogen (secondary N) is 2. The van der Waals surface area contributed by atoms with Gasteiger partial charge < -0.3 is 15.7 Å². The fraction of sp³-hybridized carbons (Fsp3) is 0.450. The van der Waals surface area contributed by atoms with Gasteiger partial charge in [0.25, 0.3) is 0 Å². The lowest BCUT2D eigenvalue weighted by molar-refractivity contribution is -0.192. The largest absolute Gasteiger partial charge is 0.490 e. The zero-order valence-corrected chi connectivity index (χ0v) is 16.7. The summed E-state index contributed by atoms with van der Waals surface area (Å²) in [5.74, 6) is -2.76. The standard InChI is InChI=1S/C18H24N4O.C2HF3O2/c1-13(2)20-18(23)21-15-8-10-22(12-15)11-14-5-3-7-17-16(14)6-4-9-19-17;3-2(4,5)1(6)7/h3-7,9,13,15H,8,10-12H2,1-2H3,(H2,20,21,23);(H,6,7). The molecule has 10 heteroatoms. The van der Waals surface area contributed by atoms with Crippen LogP contribution >= 0.6 is 0 Å². The normalized spacial score (nSPS) is 16.8. The van der Waals surface area contributed by atoms with E-state index in [0.717, 1.165) is 31.6 Å². The summed E-state index contributed by atoms with van der Waals surface area (Å²) >= 11 is 0. The molecule has 164 valence electrons. The number of carbonyl (C=O) groups is 2. The Hall–Kier alpha value is -2.88. The molecule has 0 bridgehead atoms. The average Bonchev–Trinajstić information content (AvgIpc) is 3.08. The van der Waals surface area contributed by atoms with Crippen LogP contribution in [0.2, 0.25) is 0 Å². The fourth-order valence-electron chi connectivity index (χ4n) is 3.13. The molecular formula is C20H25F3N4O3. The van der Waals surface area contributed by atoms with E-state index in [1.807, 2.05) is 32.2 Å². The lowest BCUT2D eigenvalue weighted by Crippen LogP contribution is -2.45. The molecule has 3 rings (SSSR count). The number of nitrogens with zero attached hydrogens (tertiary/aromatic N) is 2. The summed E-state index contributed by atoms with van der Waals surface area (Å²) < 4.78 is 31.7. The Morgan fingerprint density at radius 2 is 1.97 bits per heavy atom. The molecule has 0 radical (unpaired) electrons. The van der Waals surface area contributed by atoms with Crippen LogP contribution in [0.15, 0.2) is 36.5 Å². The van der Waals surface area contributed by atoms with E-state index in [2.05, 4.69) is 38.7 Å². The molecule has 0 saturated carbocycles. The minimum atomic E-state index is -5.08. The first-order chi connectivity index (χ1) is 14.1. The number of aromatic nitrogens is 1. The first kappa shape index (κ1) is 23.4. The lowest BCUT2D eigenvalue weighted by Gasteiger charge is -2.18. The van der Waals surface area contributed by atoms with Crippen molar-refractivity contribution < 1.29 is 27.9 Å². The van der Waals surface area contributed by atoms with E-state index in [0.29, 0.717) is 0 Å². The Labute approximate surface area is 172 Å². The Morgan fingerprint density at radius 1 is 1.27 bits per heavy atom. The fourth-order valence-corrected chi connectivity index (χ4v) is 3.13. The van der Waals surface area contributed by atoms with Crippen LogP contribution in [-0.4, -0.2) is 58.3 Å². The molecule has 1 aliphatic heterocycles. The number of benzene rings is 1. The highest BCUT2D eigenvalue weighted by Crippen LogP contribution is 2.20. The van der Waals surface area contributed by atoms with Crippen molar-refractivity contribution in [1.29, 1.82) is 0 Å². The second-order valence-electron chi connectivity index (χ2n) is 7.28. The highest BCUT2D eigenvalue weighted by atomic mass is 19.4. The molecule has 30 heavy (non-hydrogen) atoms. The third-order valence-electron chi connectivity index (χ3n) is 4.40. The molecule has 1 saturated heterocycles. The predicted octanol–water partition coefficient (Wildman–Crippen LogP) is 3.15. The second kappa shape index (κ2) is 10.2. The summed E-state index contributed by atoms with van der Waals surface area (Å²) in [6.45, 7) is 6.72. The molecule has 7 nitrogen and oxygen atoms in total. The van der Waals surface area contributed by atoms with E-state index < -0.39 is 12.1 Å². The van der Waals surface area contributed by atoms with Gasteiger partial charge in [0.05, 0.1) is 5.52 Å². The van der Waals surface area contributed by atoms with Crippen LogP contribution in [-0.2, 0) is 11.3 Å². The number of urea groups is 1. The number of likely N-dealkylation sites (tertiary alicyclic amines) is 1. The number of hydrogen-bond donors (Lipinski definition) is 3. The number of carbonyl (C=O) groups excluding carboxylic acids is 1. The summed E-state index contributed by atoms with van der Waals surface area (Å²) in [5, 5.41) is 14.3. The zero-order chi connectivity index (χ0) is 22.3. The molecule has 1 aliphatic rings. The SMILES string of the molecule is CC(C)NC(=O)NC1CCN(Cc2cccc3ncccc23)C1.O=C(O)C(F)(F)F. The number of aliphatic carboxylic acids is 1. The van der Waals surface area contributed by atoms with E-state index in [-0.39, 0.29) is 18.1 Å². The van der Waals surface area contributed by atoms with Gasteiger partial charge in [-0.2, -0.15) is 13.2 Å². The van der Waals surface area contributed by atoms with E-state index in [4.69, 9.17) is 9.90 Å². The van der Waals surface area contributed by atoms with Gasteiger partial charge in [-0.15, -0.1) is 0 Å². The van der Waals surface area contributed by atoms with E-state index in [1.54, 1.807) is 0 Å². The van der Waals surface area contributed by atoms with Gasteiger partial charge >= 0.3 is 18.2 Å². The first-order valence-electron chi connectivity index (χ1n) is 9.48. The third-order valence-corrected chi connectivity index (χ3v) is 4.40. The third kappa shape index (κ3) is 7.18. The van der Waals surface area contributed by atoms with Crippen LogP contribution < -0.4 is 10.6 Å². The zero-order valence-electron chi connectivity index (χ0n) is 16.7. The summed E-state index contributed by atoms with van der Waals surface area (Å²) in [4.78, 5) is 27.5.